The Kier molecular flexibility index (Phi) is 3.09. The van der Waals surface area contributed by atoms with Gasteiger partial charge in [-0.1, -0.05) is 38.1 Å². The number of rotatable bonds is 3. The third-order valence-corrected chi connectivity index (χ3v) is 2.89. The van der Waals surface area contributed by atoms with E-state index >= 15 is 0 Å². The molecule has 3 heteroatoms. The van der Waals surface area contributed by atoms with Crippen LogP contribution < -0.4 is 0 Å². The van der Waals surface area contributed by atoms with Gasteiger partial charge in [0.15, 0.2) is 0 Å². The number of benzene rings is 1. The first-order valence-electron chi connectivity index (χ1n) is 5.70. The van der Waals surface area contributed by atoms with E-state index < -0.39 is 0 Å². The molecule has 17 heavy (non-hydrogen) atoms. The lowest BCUT2D eigenvalue weighted by Crippen LogP contribution is -2.06. The van der Waals surface area contributed by atoms with Crippen molar-refractivity contribution in [3.63, 3.8) is 0 Å². The molecule has 1 aromatic heterocycles. The predicted octanol–water partition coefficient (Wildman–Crippen LogP) is 2.77. The third kappa shape index (κ3) is 2.28. The quantitative estimate of drug-likeness (QED) is 0.757. The Morgan fingerprint density at radius 2 is 1.88 bits per heavy atom. The van der Waals surface area contributed by atoms with Crippen LogP contribution in [0.3, 0.4) is 0 Å². The van der Waals surface area contributed by atoms with E-state index in [-0.39, 0.29) is 5.78 Å². The fourth-order valence-electron chi connectivity index (χ4n) is 1.74. The molecule has 1 heterocycles. The van der Waals surface area contributed by atoms with Crippen molar-refractivity contribution in [2.24, 2.45) is 7.05 Å². The Balaban J connectivity index is 2.29. The molecule has 0 bridgehead atoms. The van der Waals surface area contributed by atoms with Crippen molar-refractivity contribution in [3.8, 4) is 0 Å². The highest BCUT2D eigenvalue weighted by atomic mass is 16.1. The van der Waals surface area contributed by atoms with Gasteiger partial charge >= 0.3 is 0 Å². The van der Waals surface area contributed by atoms with Gasteiger partial charge < -0.3 is 4.57 Å². The van der Waals surface area contributed by atoms with Gasteiger partial charge in [0, 0.05) is 12.6 Å². The Morgan fingerprint density at radius 3 is 2.35 bits per heavy atom. The van der Waals surface area contributed by atoms with E-state index in [1.54, 1.807) is 17.1 Å². The second-order valence-electron chi connectivity index (χ2n) is 4.50. The van der Waals surface area contributed by atoms with Gasteiger partial charge in [0.25, 0.3) is 0 Å². The minimum absolute atomic E-state index is 0.0142. The maximum absolute atomic E-state index is 12.1. The lowest BCUT2D eigenvalue weighted by molar-refractivity contribution is 0.103. The Morgan fingerprint density at radius 1 is 1.24 bits per heavy atom. The van der Waals surface area contributed by atoms with Crippen LogP contribution in [-0.2, 0) is 7.05 Å². The number of hydrogen-bond acceptors (Lipinski definition) is 2. The van der Waals surface area contributed by atoms with Gasteiger partial charge in [-0.3, -0.25) is 4.79 Å². The van der Waals surface area contributed by atoms with Crippen LogP contribution in [0.15, 0.2) is 36.8 Å². The van der Waals surface area contributed by atoms with Crippen molar-refractivity contribution < 1.29 is 4.79 Å². The summed E-state index contributed by atoms with van der Waals surface area (Å²) in [4.78, 5) is 16.1. The topological polar surface area (TPSA) is 34.9 Å². The van der Waals surface area contributed by atoms with Crippen molar-refractivity contribution >= 4 is 5.78 Å². The van der Waals surface area contributed by atoms with Crippen molar-refractivity contribution in [2.45, 2.75) is 19.8 Å². The molecular weight excluding hydrogens is 212 g/mol. The number of carbonyl (C=O) groups is 1. The molecule has 0 aliphatic rings. The molecule has 0 aliphatic carbocycles. The molecule has 0 spiro atoms. The van der Waals surface area contributed by atoms with E-state index in [1.807, 2.05) is 31.3 Å². The van der Waals surface area contributed by atoms with Gasteiger partial charge in [0.1, 0.15) is 5.69 Å². The molecule has 2 rings (SSSR count). The lowest BCUT2D eigenvalue weighted by Gasteiger charge is -2.06. The summed E-state index contributed by atoms with van der Waals surface area (Å²) in [5, 5.41) is 0. The number of imidazole rings is 1. The lowest BCUT2D eigenvalue weighted by atomic mass is 10.00. The summed E-state index contributed by atoms with van der Waals surface area (Å²) >= 11 is 0. The summed E-state index contributed by atoms with van der Waals surface area (Å²) in [6.45, 7) is 4.27. The summed E-state index contributed by atoms with van der Waals surface area (Å²) in [6, 6.07) is 7.78. The smallest absolute Gasteiger partial charge is 0.210 e. The molecule has 2 aromatic rings. The fraction of sp³-hybridized carbons (Fsp3) is 0.286. The average molecular weight is 228 g/mol. The van der Waals surface area contributed by atoms with Gasteiger partial charge in [0.05, 0.1) is 12.5 Å². The number of aromatic nitrogens is 2. The largest absolute Gasteiger partial charge is 0.331 e. The van der Waals surface area contributed by atoms with Gasteiger partial charge in [-0.15, -0.1) is 0 Å². The summed E-state index contributed by atoms with van der Waals surface area (Å²) < 4.78 is 1.73. The molecular formula is C14H16N2O. The molecule has 0 N–H and O–H groups in total. The predicted molar refractivity (Wildman–Crippen MR) is 67.2 cm³/mol. The van der Waals surface area contributed by atoms with Crippen LogP contribution >= 0.6 is 0 Å². The minimum atomic E-state index is 0.0142. The molecule has 1 aromatic carbocycles. The van der Waals surface area contributed by atoms with Crippen LogP contribution in [0.4, 0.5) is 0 Å². The molecule has 3 nitrogen and oxygen atoms in total. The van der Waals surface area contributed by atoms with E-state index in [4.69, 9.17) is 0 Å². The number of ketones is 1. The van der Waals surface area contributed by atoms with E-state index in [0.29, 0.717) is 17.2 Å². The highest BCUT2D eigenvalue weighted by molar-refractivity contribution is 6.07. The molecule has 0 aliphatic heterocycles. The summed E-state index contributed by atoms with van der Waals surface area (Å²) in [7, 11) is 1.82. The summed E-state index contributed by atoms with van der Waals surface area (Å²) in [5.41, 5.74) is 2.56. The van der Waals surface area contributed by atoms with Crippen LogP contribution in [0, 0.1) is 0 Å². The highest BCUT2D eigenvalue weighted by Gasteiger charge is 2.12. The second kappa shape index (κ2) is 4.53. The Labute approximate surface area is 101 Å². The van der Waals surface area contributed by atoms with Crippen LogP contribution in [0.5, 0.6) is 0 Å². The van der Waals surface area contributed by atoms with Crippen LogP contribution in [-0.4, -0.2) is 15.3 Å². The first-order valence-corrected chi connectivity index (χ1v) is 5.70. The molecule has 0 radical (unpaired) electrons. The minimum Gasteiger partial charge on any atom is -0.331 e. The van der Waals surface area contributed by atoms with E-state index in [2.05, 4.69) is 18.8 Å². The maximum Gasteiger partial charge on any atom is 0.210 e. The molecule has 88 valence electrons. The van der Waals surface area contributed by atoms with Crippen molar-refractivity contribution in [2.75, 3.05) is 0 Å². The molecule has 0 atom stereocenters. The van der Waals surface area contributed by atoms with Gasteiger partial charge in [-0.25, -0.2) is 4.98 Å². The van der Waals surface area contributed by atoms with E-state index in [0.717, 1.165) is 0 Å². The Hall–Kier alpha value is -1.90. The van der Waals surface area contributed by atoms with Crippen LogP contribution in [0.25, 0.3) is 0 Å². The van der Waals surface area contributed by atoms with Crippen molar-refractivity contribution in [1.82, 2.24) is 9.55 Å². The van der Waals surface area contributed by atoms with Gasteiger partial charge in [-0.2, -0.15) is 0 Å². The number of hydrogen-bond donors (Lipinski definition) is 0. The van der Waals surface area contributed by atoms with Crippen molar-refractivity contribution in [3.05, 3.63) is 53.6 Å². The van der Waals surface area contributed by atoms with Gasteiger partial charge in [-0.05, 0) is 11.5 Å². The summed E-state index contributed by atoms with van der Waals surface area (Å²) in [5.74, 6) is 0.496. The number of nitrogens with zero attached hydrogens (tertiary/aromatic N) is 2. The average Bonchev–Trinajstić information content (AvgIpc) is 2.74. The van der Waals surface area contributed by atoms with Crippen LogP contribution in [0.2, 0.25) is 0 Å². The standard InChI is InChI=1S/C14H16N2O/c1-10(2)11-4-6-12(7-5-11)14(17)13-8-15-9-16(13)3/h4-10H,1-3H3. The van der Waals surface area contributed by atoms with E-state index in [1.165, 1.54) is 5.56 Å². The van der Waals surface area contributed by atoms with Crippen molar-refractivity contribution in [1.29, 1.82) is 0 Å². The SMILES string of the molecule is CC(C)c1ccc(C(=O)c2cncn2C)cc1. The zero-order valence-electron chi connectivity index (χ0n) is 10.3. The maximum atomic E-state index is 12.1. The molecule has 0 amide bonds. The number of aryl methyl sites for hydroxylation is 1. The van der Waals surface area contributed by atoms with E-state index in [9.17, 15) is 4.79 Å². The second-order valence-corrected chi connectivity index (χ2v) is 4.50. The van der Waals surface area contributed by atoms with Gasteiger partial charge in [0.2, 0.25) is 5.78 Å². The molecule has 0 unspecified atom stereocenters. The zero-order valence-corrected chi connectivity index (χ0v) is 10.3. The zero-order chi connectivity index (χ0) is 12.4. The number of carbonyl (C=O) groups excluding carboxylic acids is 1. The molecule has 0 fully saturated rings. The molecule has 0 saturated heterocycles. The highest BCUT2D eigenvalue weighted by Crippen LogP contribution is 2.16. The normalized spacial score (nSPS) is 10.8. The monoisotopic (exact) mass is 228 g/mol. The third-order valence-electron chi connectivity index (χ3n) is 2.89. The first kappa shape index (κ1) is 11.6. The fourth-order valence-corrected chi connectivity index (χ4v) is 1.74. The summed E-state index contributed by atoms with van der Waals surface area (Å²) in [6.07, 6.45) is 3.23. The first-order chi connectivity index (χ1) is 8.09. The molecule has 0 saturated carbocycles. The Bertz CT molecular complexity index is 523. The van der Waals surface area contributed by atoms with Crippen LogP contribution in [0.1, 0.15) is 41.4 Å².